The first kappa shape index (κ1) is 14.5. The summed E-state index contributed by atoms with van der Waals surface area (Å²) in [5.41, 5.74) is 0.764. The van der Waals surface area contributed by atoms with Gasteiger partial charge in [0.05, 0.1) is 12.0 Å². The van der Waals surface area contributed by atoms with Crippen molar-refractivity contribution in [2.75, 3.05) is 0 Å². The van der Waals surface area contributed by atoms with Gasteiger partial charge in [-0.15, -0.1) is 5.10 Å². The summed E-state index contributed by atoms with van der Waals surface area (Å²) >= 11 is 5.99. The third kappa shape index (κ3) is 2.80. The van der Waals surface area contributed by atoms with Gasteiger partial charge >= 0.3 is 5.97 Å². The first-order valence-corrected chi connectivity index (χ1v) is 6.45. The molecular formula is C13H15ClN4O2. The molecule has 20 heavy (non-hydrogen) atoms. The highest BCUT2D eigenvalue weighted by atomic mass is 35.5. The number of tetrazole rings is 1. The molecule has 0 unspecified atom stereocenters. The predicted octanol–water partition coefficient (Wildman–Crippen LogP) is 2.41. The molecule has 2 rings (SSSR count). The zero-order valence-electron chi connectivity index (χ0n) is 11.5. The number of carboxylic acids is 1. The Morgan fingerprint density at radius 3 is 2.75 bits per heavy atom. The molecule has 7 heteroatoms. The van der Waals surface area contributed by atoms with Gasteiger partial charge in [-0.1, -0.05) is 11.6 Å². The van der Waals surface area contributed by atoms with Gasteiger partial charge in [-0.05, 0) is 55.0 Å². The van der Waals surface area contributed by atoms with Crippen LogP contribution in [0.25, 0.3) is 11.4 Å². The number of rotatable bonds is 4. The van der Waals surface area contributed by atoms with Gasteiger partial charge in [-0.25, -0.2) is 4.68 Å². The Bertz CT molecular complexity index is 652. The maximum Gasteiger partial charge on any atom is 0.310 e. The molecular weight excluding hydrogens is 280 g/mol. The lowest BCUT2D eigenvalue weighted by Gasteiger charge is -2.19. The van der Waals surface area contributed by atoms with Crippen molar-refractivity contribution in [2.45, 2.75) is 27.3 Å². The second-order valence-corrected chi connectivity index (χ2v) is 5.72. The molecule has 0 radical (unpaired) electrons. The van der Waals surface area contributed by atoms with E-state index in [1.807, 2.05) is 19.1 Å². The summed E-state index contributed by atoms with van der Waals surface area (Å²) in [6.45, 7) is 5.34. The zero-order chi connectivity index (χ0) is 14.9. The first-order valence-electron chi connectivity index (χ1n) is 6.07. The van der Waals surface area contributed by atoms with Crippen LogP contribution in [0.15, 0.2) is 18.2 Å². The van der Waals surface area contributed by atoms with E-state index in [-0.39, 0.29) is 6.54 Å². The number of halogens is 1. The van der Waals surface area contributed by atoms with Crippen LogP contribution in [0.4, 0.5) is 0 Å². The van der Waals surface area contributed by atoms with Gasteiger partial charge < -0.3 is 5.11 Å². The van der Waals surface area contributed by atoms with Crippen LogP contribution in [-0.4, -0.2) is 31.3 Å². The molecule has 6 nitrogen and oxygen atoms in total. The van der Waals surface area contributed by atoms with Gasteiger partial charge in [-0.3, -0.25) is 4.79 Å². The summed E-state index contributed by atoms with van der Waals surface area (Å²) in [6, 6.07) is 5.46. The molecule has 0 aliphatic heterocycles. The van der Waals surface area contributed by atoms with Gasteiger partial charge in [0.25, 0.3) is 0 Å². The first-order chi connectivity index (χ1) is 9.31. The van der Waals surface area contributed by atoms with Gasteiger partial charge in [0.1, 0.15) is 0 Å². The van der Waals surface area contributed by atoms with Crippen molar-refractivity contribution in [3.8, 4) is 11.4 Å². The van der Waals surface area contributed by atoms with Crippen LogP contribution in [0.3, 0.4) is 0 Å². The molecule has 0 aliphatic carbocycles. The number of hydrogen-bond donors (Lipinski definition) is 1. The van der Waals surface area contributed by atoms with Crippen molar-refractivity contribution < 1.29 is 9.90 Å². The molecule has 0 aliphatic rings. The molecule has 1 aromatic heterocycles. The highest BCUT2D eigenvalue weighted by molar-refractivity contribution is 6.31. The average molecular weight is 295 g/mol. The second kappa shape index (κ2) is 5.20. The summed E-state index contributed by atoms with van der Waals surface area (Å²) in [5.74, 6) is -0.370. The Hall–Kier alpha value is -1.95. The predicted molar refractivity (Wildman–Crippen MR) is 74.4 cm³/mol. The van der Waals surface area contributed by atoms with Gasteiger partial charge in [0.15, 0.2) is 5.82 Å². The Balaban J connectivity index is 2.38. The second-order valence-electron chi connectivity index (χ2n) is 5.31. The smallest absolute Gasteiger partial charge is 0.310 e. The molecule has 1 heterocycles. The summed E-state index contributed by atoms with van der Waals surface area (Å²) in [7, 11) is 0. The molecule has 0 amide bonds. The molecule has 1 aromatic carbocycles. The van der Waals surface area contributed by atoms with Gasteiger partial charge in [-0.2, -0.15) is 0 Å². The monoisotopic (exact) mass is 294 g/mol. The lowest BCUT2D eigenvalue weighted by molar-refractivity contribution is -0.147. The van der Waals surface area contributed by atoms with Crippen molar-refractivity contribution in [3.05, 3.63) is 28.8 Å². The molecule has 106 valence electrons. The molecule has 0 fully saturated rings. The van der Waals surface area contributed by atoms with Crippen molar-refractivity contribution in [1.82, 2.24) is 20.2 Å². The van der Waals surface area contributed by atoms with E-state index in [2.05, 4.69) is 15.5 Å². The third-order valence-electron chi connectivity index (χ3n) is 3.07. The number of hydrogen-bond acceptors (Lipinski definition) is 4. The fraction of sp³-hybridized carbons (Fsp3) is 0.385. The SMILES string of the molecule is Cc1cc(-c2nnnn2CC(C)(C)C(=O)O)ccc1Cl. The molecule has 0 spiro atoms. The van der Waals surface area contributed by atoms with Gasteiger partial charge in [0.2, 0.25) is 0 Å². The van der Waals surface area contributed by atoms with Crippen molar-refractivity contribution in [2.24, 2.45) is 5.41 Å². The minimum Gasteiger partial charge on any atom is -0.481 e. The van der Waals surface area contributed by atoms with Crippen molar-refractivity contribution in [3.63, 3.8) is 0 Å². The molecule has 2 aromatic rings. The van der Waals surface area contributed by atoms with E-state index in [4.69, 9.17) is 11.6 Å². The quantitative estimate of drug-likeness (QED) is 0.936. The number of aryl methyl sites for hydroxylation is 1. The normalized spacial score (nSPS) is 11.6. The van der Waals surface area contributed by atoms with Crippen molar-refractivity contribution in [1.29, 1.82) is 0 Å². The third-order valence-corrected chi connectivity index (χ3v) is 3.50. The molecule has 0 saturated heterocycles. The highest BCUT2D eigenvalue weighted by Crippen LogP contribution is 2.25. The fourth-order valence-corrected chi connectivity index (χ4v) is 1.86. The van der Waals surface area contributed by atoms with Crippen LogP contribution >= 0.6 is 11.6 Å². The summed E-state index contributed by atoms with van der Waals surface area (Å²) < 4.78 is 1.50. The van der Waals surface area contributed by atoms with E-state index in [1.54, 1.807) is 19.9 Å². The number of benzene rings is 1. The minimum absolute atomic E-state index is 0.187. The summed E-state index contributed by atoms with van der Waals surface area (Å²) in [6.07, 6.45) is 0. The van der Waals surface area contributed by atoms with Crippen LogP contribution < -0.4 is 0 Å². The number of aromatic nitrogens is 4. The van der Waals surface area contributed by atoms with E-state index >= 15 is 0 Å². The van der Waals surface area contributed by atoms with Crippen molar-refractivity contribution >= 4 is 17.6 Å². The number of aliphatic carboxylic acids is 1. The Labute approximate surface area is 121 Å². The zero-order valence-corrected chi connectivity index (χ0v) is 12.2. The van der Waals surface area contributed by atoms with E-state index in [0.717, 1.165) is 11.1 Å². The standard InChI is InChI=1S/C13H15ClN4O2/c1-8-6-9(4-5-10(8)14)11-15-16-17-18(11)7-13(2,3)12(19)20/h4-6H,7H2,1-3H3,(H,19,20). The summed E-state index contributed by atoms with van der Waals surface area (Å²) in [4.78, 5) is 11.2. The lowest BCUT2D eigenvalue weighted by atomic mass is 9.94. The van der Waals surface area contributed by atoms with Crippen LogP contribution in [0, 0.1) is 12.3 Å². The largest absolute Gasteiger partial charge is 0.481 e. The highest BCUT2D eigenvalue weighted by Gasteiger charge is 2.29. The maximum absolute atomic E-state index is 11.2. The van der Waals surface area contributed by atoms with Crippen LogP contribution in [-0.2, 0) is 11.3 Å². The number of carbonyl (C=O) groups is 1. The Morgan fingerprint density at radius 2 is 2.15 bits per heavy atom. The van der Waals surface area contributed by atoms with E-state index in [1.165, 1.54) is 4.68 Å². The summed E-state index contributed by atoms with van der Waals surface area (Å²) in [5, 5.41) is 21.3. The van der Waals surface area contributed by atoms with Crippen LogP contribution in [0.1, 0.15) is 19.4 Å². The number of carboxylic acid groups (broad SMARTS) is 1. The Kier molecular flexibility index (Phi) is 3.76. The average Bonchev–Trinajstić information content (AvgIpc) is 2.80. The van der Waals surface area contributed by atoms with Crippen LogP contribution in [0.2, 0.25) is 5.02 Å². The molecule has 1 N–H and O–H groups in total. The maximum atomic E-state index is 11.2. The van der Waals surface area contributed by atoms with Gasteiger partial charge in [0, 0.05) is 10.6 Å². The molecule has 0 atom stereocenters. The van der Waals surface area contributed by atoms with E-state index in [0.29, 0.717) is 10.8 Å². The molecule has 0 saturated carbocycles. The lowest BCUT2D eigenvalue weighted by Crippen LogP contribution is -2.30. The van der Waals surface area contributed by atoms with E-state index in [9.17, 15) is 9.90 Å². The minimum atomic E-state index is -0.953. The van der Waals surface area contributed by atoms with E-state index < -0.39 is 11.4 Å². The molecule has 0 bridgehead atoms. The van der Waals surface area contributed by atoms with Crippen LogP contribution in [0.5, 0.6) is 0 Å². The number of nitrogens with zero attached hydrogens (tertiary/aromatic N) is 4. The Morgan fingerprint density at radius 1 is 1.45 bits per heavy atom. The topological polar surface area (TPSA) is 80.9 Å². The fourth-order valence-electron chi connectivity index (χ4n) is 1.74.